The van der Waals surface area contributed by atoms with Gasteiger partial charge < -0.3 is 19.8 Å². The van der Waals surface area contributed by atoms with Gasteiger partial charge in [0.05, 0.1) is 18.8 Å². The molecule has 1 heterocycles. The van der Waals surface area contributed by atoms with Gasteiger partial charge in [0, 0.05) is 13.0 Å². The molecular formula is C14H17NO5. The predicted octanol–water partition coefficient (Wildman–Crippen LogP) is 0.664. The minimum atomic E-state index is -1.11. The van der Waals surface area contributed by atoms with E-state index in [0.29, 0.717) is 11.3 Å². The van der Waals surface area contributed by atoms with Crippen LogP contribution in [0.15, 0.2) is 18.2 Å². The molecule has 6 nitrogen and oxygen atoms in total. The molecule has 0 saturated carbocycles. The summed E-state index contributed by atoms with van der Waals surface area (Å²) in [5.41, 5.74) is 1.19. The minimum Gasteiger partial charge on any atom is -0.496 e. The first-order valence-electron chi connectivity index (χ1n) is 6.30. The topological polar surface area (TPSA) is 87.1 Å². The molecule has 1 amide bonds. The smallest absolute Gasteiger partial charge is 0.326 e. The zero-order valence-electron chi connectivity index (χ0n) is 11.4. The number of β-amino-alcohol motifs (C(OH)–C–C–N with tert-alkyl or cyclic N) is 1. The molecule has 20 heavy (non-hydrogen) atoms. The van der Waals surface area contributed by atoms with E-state index in [1.165, 1.54) is 12.0 Å². The maximum absolute atomic E-state index is 12.5. The van der Waals surface area contributed by atoms with Crippen molar-refractivity contribution < 1.29 is 24.5 Å². The fourth-order valence-corrected chi connectivity index (χ4v) is 2.42. The van der Waals surface area contributed by atoms with Gasteiger partial charge in [0.2, 0.25) is 0 Å². The molecule has 0 bridgehead atoms. The lowest BCUT2D eigenvalue weighted by Crippen LogP contribution is -2.40. The van der Waals surface area contributed by atoms with Gasteiger partial charge in [-0.2, -0.15) is 0 Å². The summed E-state index contributed by atoms with van der Waals surface area (Å²) in [5, 5.41) is 18.7. The van der Waals surface area contributed by atoms with E-state index in [1.807, 2.05) is 13.0 Å². The van der Waals surface area contributed by atoms with E-state index < -0.39 is 24.0 Å². The van der Waals surface area contributed by atoms with Crippen molar-refractivity contribution in [1.29, 1.82) is 0 Å². The number of aliphatic carboxylic acids is 1. The van der Waals surface area contributed by atoms with Gasteiger partial charge in [-0.25, -0.2) is 4.79 Å². The number of hydrogen-bond donors (Lipinski definition) is 2. The van der Waals surface area contributed by atoms with Crippen LogP contribution in [0.4, 0.5) is 0 Å². The van der Waals surface area contributed by atoms with Crippen LogP contribution < -0.4 is 4.74 Å². The van der Waals surface area contributed by atoms with E-state index in [1.54, 1.807) is 12.1 Å². The van der Waals surface area contributed by atoms with Crippen molar-refractivity contribution in [2.75, 3.05) is 13.7 Å². The van der Waals surface area contributed by atoms with Crippen LogP contribution in [-0.4, -0.2) is 52.8 Å². The summed E-state index contributed by atoms with van der Waals surface area (Å²) in [6.07, 6.45) is -0.759. The van der Waals surface area contributed by atoms with Crippen LogP contribution in [0.5, 0.6) is 5.75 Å². The summed E-state index contributed by atoms with van der Waals surface area (Å²) in [7, 11) is 1.45. The van der Waals surface area contributed by atoms with Gasteiger partial charge in [-0.15, -0.1) is 0 Å². The second kappa shape index (κ2) is 5.50. The Morgan fingerprint density at radius 1 is 1.40 bits per heavy atom. The Bertz CT molecular complexity index is 542. The number of hydrogen-bond acceptors (Lipinski definition) is 4. The summed E-state index contributed by atoms with van der Waals surface area (Å²) in [6.45, 7) is 1.86. The maximum Gasteiger partial charge on any atom is 0.326 e. The standard InChI is InChI=1S/C14H17NO5/c1-8-3-4-12(20-2)10(5-8)13(17)15-7-9(16)6-11(15)14(18)19/h3-5,9,11,16H,6-7H2,1-2H3,(H,18,19)/t9-,11-/m0/s1. The number of carboxylic acids is 1. The summed E-state index contributed by atoms with van der Waals surface area (Å²) < 4.78 is 5.15. The van der Waals surface area contributed by atoms with Crippen LogP contribution in [0.3, 0.4) is 0 Å². The molecule has 0 aromatic heterocycles. The molecule has 1 aliphatic heterocycles. The number of ether oxygens (including phenoxy) is 1. The number of likely N-dealkylation sites (tertiary alicyclic amines) is 1. The van der Waals surface area contributed by atoms with E-state index in [-0.39, 0.29) is 13.0 Å². The van der Waals surface area contributed by atoms with Crippen molar-refractivity contribution >= 4 is 11.9 Å². The molecule has 0 spiro atoms. The summed E-state index contributed by atoms with van der Waals surface area (Å²) in [6, 6.07) is 4.14. The van der Waals surface area contributed by atoms with E-state index in [4.69, 9.17) is 9.84 Å². The fraction of sp³-hybridized carbons (Fsp3) is 0.429. The summed E-state index contributed by atoms with van der Waals surface area (Å²) in [4.78, 5) is 24.9. The molecule has 1 aliphatic rings. The van der Waals surface area contributed by atoms with E-state index in [0.717, 1.165) is 5.56 Å². The average Bonchev–Trinajstić information content (AvgIpc) is 2.80. The highest BCUT2D eigenvalue weighted by atomic mass is 16.5. The second-order valence-corrected chi connectivity index (χ2v) is 4.90. The molecule has 2 atom stereocenters. The molecule has 108 valence electrons. The number of aliphatic hydroxyl groups is 1. The molecule has 1 fully saturated rings. The van der Waals surface area contributed by atoms with Gasteiger partial charge >= 0.3 is 5.97 Å². The highest BCUT2D eigenvalue weighted by Gasteiger charge is 2.39. The molecule has 1 aromatic carbocycles. The number of methoxy groups -OCH3 is 1. The highest BCUT2D eigenvalue weighted by Crippen LogP contribution is 2.26. The first-order chi connectivity index (χ1) is 9.43. The number of aliphatic hydroxyl groups excluding tert-OH is 1. The maximum atomic E-state index is 12.5. The van der Waals surface area contributed by atoms with Gasteiger partial charge in [-0.3, -0.25) is 4.79 Å². The number of nitrogens with zero attached hydrogens (tertiary/aromatic N) is 1. The number of aryl methyl sites for hydroxylation is 1. The van der Waals surface area contributed by atoms with Gasteiger partial charge in [0.1, 0.15) is 11.8 Å². The zero-order valence-corrected chi connectivity index (χ0v) is 11.4. The van der Waals surface area contributed by atoms with Crippen molar-refractivity contribution in [3.8, 4) is 5.75 Å². The normalized spacial score (nSPS) is 21.9. The van der Waals surface area contributed by atoms with Crippen molar-refractivity contribution in [1.82, 2.24) is 4.90 Å². The van der Waals surface area contributed by atoms with Gasteiger partial charge in [0.15, 0.2) is 0 Å². The number of carboxylic acid groups (broad SMARTS) is 1. The van der Waals surface area contributed by atoms with Crippen LogP contribution in [0.25, 0.3) is 0 Å². The van der Waals surface area contributed by atoms with E-state index in [2.05, 4.69) is 0 Å². The number of benzene rings is 1. The molecule has 6 heteroatoms. The zero-order chi connectivity index (χ0) is 14.9. The summed E-state index contributed by atoms with van der Waals surface area (Å²) in [5.74, 6) is -1.15. The van der Waals surface area contributed by atoms with Gasteiger partial charge in [-0.05, 0) is 19.1 Å². The molecule has 0 unspecified atom stereocenters. The lowest BCUT2D eigenvalue weighted by Gasteiger charge is -2.22. The molecular weight excluding hydrogens is 262 g/mol. The molecule has 0 radical (unpaired) electrons. The van der Waals surface area contributed by atoms with Crippen LogP contribution in [0.1, 0.15) is 22.3 Å². The number of rotatable bonds is 3. The molecule has 0 aliphatic carbocycles. The Kier molecular flexibility index (Phi) is 3.94. The van der Waals surface area contributed by atoms with Crippen molar-refractivity contribution in [2.24, 2.45) is 0 Å². The Balaban J connectivity index is 2.35. The van der Waals surface area contributed by atoms with Crippen LogP contribution in [-0.2, 0) is 4.79 Å². The van der Waals surface area contributed by atoms with Crippen LogP contribution in [0, 0.1) is 6.92 Å². The molecule has 1 aromatic rings. The third kappa shape index (κ3) is 2.60. The van der Waals surface area contributed by atoms with Gasteiger partial charge in [-0.1, -0.05) is 11.6 Å². The lowest BCUT2D eigenvalue weighted by molar-refractivity contribution is -0.141. The Hall–Kier alpha value is -2.08. The summed E-state index contributed by atoms with van der Waals surface area (Å²) >= 11 is 0. The van der Waals surface area contributed by atoms with Crippen molar-refractivity contribution in [3.05, 3.63) is 29.3 Å². The fourth-order valence-electron chi connectivity index (χ4n) is 2.42. The Labute approximate surface area is 116 Å². The van der Waals surface area contributed by atoms with Crippen LogP contribution in [0.2, 0.25) is 0 Å². The third-order valence-corrected chi connectivity index (χ3v) is 3.41. The number of carbonyl (C=O) groups is 2. The van der Waals surface area contributed by atoms with Crippen LogP contribution >= 0.6 is 0 Å². The quantitative estimate of drug-likeness (QED) is 0.849. The van der Waals surface area contributed by atoms with E-state index in [9.17, 15) is 14.7 Å². The first-order valence-corrected chi connectivity index (χ1v) is 6.30. The predicted molar refractivity (Wildman–Crippen MR) is 70.8 cm³/mol. The number of carbonyl (C=O) groups excluding carboxylic acids is 1. The SMILES string of the molecule is COc1ccc(C)cc1C(=O)N1C[C@@H](O)C[C@H]1C(=O)O. The average molecular weight is 279 g/mol. The first kappa shape index (κ1) is 14.3. The van der Waals surface area contributed by atoms with Gasteiger partial charge in [0.25, 0.3) is 5.91 Å². The van der Waals surface area contributed by atoms with Crippen molar-refractivity contribution in [2.45, 2.75) is 25.5 Å². The Morgan fingerprint density at radius 3 is 2.70 bits per heavy atom. The minimum absolute atomic E-state index is 0.0207. The largest absolute Gasteiger partial charge is 0.496 e. The third-order valence-electron chi connectivity index (χ3n) is 3.41. The Morgan fingerprint density at radius 2 is 2.10 bits per heavy atom. The molecule has 2 N–H and O–H groups in total. The second-order valence-electron chi connectivity index (χ2n) is 4.90. The van der Waals surface area contributed by atoms with Crippen molar-refractivity contribution in [3.63, 3.8) is 0 Å². The van der Waals surface area contributed by atoms with E-state index >= 15 is 0 Å². The molecule has 2 rings (SSSR count). The number of amides is 1. The monoisotopic (exact) mass is 279 g/mol. The lowest BCUT2D eigenvalue weighted by atomic mass is 10.1. The highest BCUT2D eigenvalue weighted by molar-refractivity contribution is 5.99. The molecule has 1 saturated heterocycles.